The molecule has 1 saturated heterocycles. The molecule has 4 nitrogen and oxygen atoms in total. The minimum atomic E-state index is -2.57. The normalized spacial score (nSPS) is 18.0. The maximum absolute atomic E-state index is 12.8. The lowest BCUT2D eigenvalue weighted by atomic mass is 9.96. The van der Waals surface area contributed by atoms with Gasteiger partial charge >= 0.3 is 0 Å². The number of hydrogen-bond acceptors (Lipinski definition) is 4. The third-order valence-corrected chi connectivity index (χ3v) is 4.79. The molecule has 0 radical (unpaired) electrons. The van der Waals surface area contributed by atoms with Gasteiger partial charge in [0.25, 0.3) is 6.43 Å². The fourth-order valence-electron chi connectivity index (χ4n) is 3.39. The van der Waals surface area contributed by atoms with Crippen molar-refractivity contribution < 1.29 is 18.3 Å². The van der Waals surface area contributed by atoms with Crippen LogP contribution in [0.25, 0.3) is 0 Å². The highest BCUT2D eigenvalue weighted by molar-refractivity contribution is 5.76. The lowest BCUT2D eigenvalue weighted by Gasteiger charge is -2.19. The van der Waals surface area contributed by atoms with Crippen LogP contribution in [0.4, 0.5) is 14.6 Å². The second-order valence-corrected chi connectivity index (χ2v) is 7.07. The van der Waals surface area contributed by atoms with Gasteiger partial charge in [0.05, 0.1) is 6.54 Å². The average molecular weight is 374 g/mol. The van der Waals surface area contributed by atoms with E-state index in [4.69, 9.17) is 4.74 Å². The van der Waals surface area contributed by atoms with Gasteiger partial charge in [0.1, 0.15) is 29.1 Å². The summed E-state index contributed by atoms with van der Waals surface area (Å²) in [6.07, 6.45) is -1.24. The molecule has 6 heteroatoms. The SMILES string of the molecule is CC(=O)C[C@@H](C)c1ccc(OC2CCN(c3cccc(C(F)F)n3)C2)cc1. The van der Waals surface area contributed by atoms with Crippen molar-refractivity contribution in [2.75, 3.05) is 18.0 Å². The van der Waals surface area contributed by atoms with Crippen LogP contribution in [0.3, 0.4) is 0 Å². The predicted octanol–water partition coefficient (Wildman–Crippen LogP) is 4.76. The van der Waals surface area contributed by atoms with Crippen LogP contribution >= 0.6 is 0 Å². The smallest absolute Gasteiger partial charge is 0.280 e. The summed E-state index contributed by atoms with van der Waals surface area (Å²) in [6.45, 7) is 4.97. The molecule has 1 fully saturated rings. The molecule has 144 valence electrons. The van der Waals surface area contributed by atoms with Crippen LogP contribution in [0.5, 0.6) is 5.75 Å². The number of Topliss-reactive ketones (excluding diaryl/α,β-unsaturated/α-hetero) is 1. The largest absolute Gasteiger partial charge is 0.489 e. The quantitative estimate of drug-likeness (QED) is 0.701. The van der Waals surface area contributed by atoms with Crippen LogP contribution in [0.2, 0.25) is 0 Å². The molecule has 2 aromatic rings. The first-order valence-electron chi connectivity index (χ1n) is 9.18. The lowest BCUT2D eigenvalue weighted by molar-refractivity contribution is -0.117. The zero-order chi connectivity index (χ0) is 19.4. The number of aromatic nitrogens is 1. The molecule has 27 heavy (non-hydrogen) atoms. The van der Waals surface area contributed by atoms with Gasteiger partial charge in [-0.25, -0.2) is 13.8 Å². The number of carbonyl (C=O) groups excluding carboxylic acids is 1. The van der Waals surface area contributed by atoms with Crippen molar-refractivity contribution in [2.24, 2.45) is 0 Å². The van der Waals surface area contributed by atoms with E-state index in [9.17, 15) is 13.6 Å². The van der Waals surface area contributed by atoms with Gasteiger partial charge < -0.3 is 14.4 Å². The average Bonchev–Trinajstić information content (AvgIpc) is 3.10. The maximum Gasteiger partial charge on any atom is 0.280 e. The third kappa shape index (κ3) is 5.02. The van der Waals surface area contributed by atoms with Gasteiger partial charge in [0.2, 0.25) is 0 Å². The van der Waals surface area contributed by atoms with Gasteiger partial charge in [-0.2, -0.15) is 0 Å². The van der Waals surface area contributed by atoms with Gasteiger partial charge in [0.15, 0.2) is 0 Å². The Balaban J connectivity index is 1.58. The molecule has 0 N–H and O–H groups in total. The van der Waals surface area contributed by atoms with E-state index in [0.29, 0.717) is 18.8 Å². The molecular weight excluding hydrogens is 350 g/mol. The number of halogens is 2. The standard InChI is InChI=1S/C21H24F2N2O2/c1-14(12-15(2)26)16-6-8-17(9-7-16)27-18-10-11-25(13-18)20-5-3-4-19(24-20)21(22)23/h3-9,14,18,21H,10-13H2,1-2H3/t14-,18?/m1/s1. The van der Waals surface area contributed by atoms with Crippen LogP contribution < -0.4 is 9.64 Å². The van der Waals surface area contributed by atoms with Crippen LogP contribution in [-0.4, -0.2) is 30.0 Å². The molecule has 1 aromatic heterocycles. The second-order valence-electron chi connectivity index (χ2n) is 7.07. The summed E-state index contributed by atoms with van der Waals surface area (Å²) in [4.78, 5) is 17.3. The summed E-state index contributed by atoms with van der Waals surface area (Å²) in [7, 11) is 0. The molecule has 0 aliphatic carbocycles. The molecule has 2 heterocycles. The number of anilines is 1. The van der Waals surface area contributed by atoms with E-state index in [2.05, 4.69) is 4.98 Å². The highest BCUT2D eigenvalue weighted by Crippen LogP contribution is 2.26. The molecule has 0 bridgehead atoms. The monoisotopic (exact) mass is 374 g/mol. The molecule has 1 unspecified atom stereocenters. The van der Waals surface area contributed by atoms with Crippen LogP contribution in [0.1, 0.15) is 50.3 Å². The summed E-state index contributed by atoms with van der Waals surface area (Å²) >= 11 is 0. The number of ketones is 1. The summed E-state index contributed by atoms with van der Waals surface area (Å²) in [5.41, 5.74) is 0.908. The van der Waals surface area contributed by atoms with E-state index in [1.54, 1.807) is 19.1 Å². The minimum Gasteiger partial charge on any atom is -0.489 e. The Kier molecular flexibility index (Phi) is 6.04. The van der Waals surface area contributed by atoms with E-state index in [-0.39, 0.29) is 23.5 Å². The number of ether oxygens (including phenoxy) is 1. The zero-order valence-electron chi connectivity index (χ0n) is 15.6. The van der Waals surface area contributed by atoms with Crippen molar-refractivity contribution >= 4 is 11.6 Å². The number of rotatable bonds is 7. The van der Waals surface area contributed by atoms with Crippen molar-refractivity contribution in [1.82, 2.24) is 4.98 Å². The Morgan fingerprint density at radius 2 is 2.00 bits per heavy atom. The zero-order valence-corrected chi connectivity index (χ0v) is 15.6. The van der Waals surface area contributed by atoms with Crippen LogP contribution in [0, 0.1) is 0 Å². The number of nitrogens with zero attached hydrogens (tertiary/aromatic N) is 2. The molecule has 0 saturated carbocycles. The first-order valence-corrected chi connectivity index (χ1v) is 9.18. The second kappa shape index (κ2) is 8.46. The molecule has 1 aromatic carbocycles. The van der Waals surface area contributed by atoms with Crippen molar-refractivity contribution in [3.8, 4) is 5.75 Å². The van der Waals surface area contributed by atoms with Crippen molar-refractivity contribution in [3.05, 3.63) is 53.7 Å². The summed E-state index contributed by atoms with van der Waals surface area (Å²) in [6, 6.07) is 12.5. The molecule has 3 rings (SSSR count). The molecule has 0 spiro atoms. The lowest BCUT2D eigenvalue weighted by Crippen LogP contribution is -2.25. The fraction of sp³-hybridized carbons (Fsp3) is 0.429. The number of carbonyl (C=O) groups is 1. The Morgan fingerprint density at radius 3 is 2.67 bits per heavy atom. The van der Waals surface area contributed by atoms with Gasteiger partial charge in [-0.3, -0.25) is 0 Å². The van der Waals surface area contributed by atoms with Crippen molar-refractivity contribution in [1.29, 1.82) is 0 Å². The molecular formula is C21H24F2N2O2. The number of alkyl halides is 2. The summed E-state index contributed by atoms with van der Waals surface area (Å²) in [5, 5.41) is 0. The Morgan fingerprint density at radius 1 is 1.26 bits per heavy atom. The topological polar surface area (TPSA) is 42.4 Å². The maximum atomic E-state index is 12.8. The van der Waals surface area contributed by atoms with Gasteiger partial charge in [-0.1, -0.05) is 25.1 Å². The highest BCUT2D eigenvalue weighted by Gasteiger charge is 2.25. The minimum absolute atomic E-state index is 0.0116. The van der Waals surface area contributed by atoms with E-state index in [0.717, 1.165) is 24.3 Å². The third-order valence-electron chi connectivity index (χ3n) is 4.79. The van der Waals surface area contributed by atoms with Gasteiger partial charge in [-0.05, 0) is 42.7 Å². The number of benzene rings is 1. The fourth-order valence-corrected chi connectivity index (χ4v) is 3.39. The van der Waals surface area contributed by atoms with E-state index in [1.165, 1.54) is 6.07 Å². The van der Waals surface area contributed by atoms with Crippen molar-refractivity contribution in [2.45, 2.75) is 45.1 Å². The summed E-state index contributed by atoms with van der Waals surface area (Å²) in [5.74, 6) is 1.70. The first-order chi connectivity index (χ1) is 12.9. The highest BCUT2D eigenvalue weighted by atomic mass is 19.3. The van der Waals surface area contributed by atoms with Crippen LogP contribution in [-0.2, 0) is 4.79 Å². The van der Waals surface area contributed by atoms with Crippen LogP contribution in [0.15, 0.2) is 42.5 Å². The molecule has 1 aliphatic heterocycles. The predicted molar refractivity (Wildman–Crippen MR) is 101 cm³/mol. The van der Waals surface area contributed by atoms with E-state index < -0.39 is 6.43 Å². The van der Waals surface area contributed by atoms with Crippen molar-refractivity contribution in [3.63, 3.8) is 0 Å². The molecule has 1 aliphatic rings. The van der Waals surface area contributed by atoms with E-state index in [1.807, 2.05) is 36.1 Å². The van der Waals surface area contributed by atoms with Gasteiger partial charge in [-0.15, -0.1) is 0 Å². The Bertz CT molecular complexity index is 780. The first kappa shape index (κ1) is 19.3. The Labute approximate surface area is 158 Å². The Hall–Kier alpha value is -2.50. The van der Waals surface area contributed by atoms with E-state index >= 15 is 0 Å². The van der Waals surface area contributed by atoms with Gasteiger partial charge in [0, 0.05) is 19.4 Å². The molecule has 2 atom stereocenters. The number of hydrogen-bond donors (Lipinski definition) is 0. The number of pyridine rings is 1. The summed E-state index contributed by atoms with van der Waals surface area (Å²) < 4.78 is 31.7. The molecule has 0 amide bonds.